The summed E-state index contributed by atoms with van der Waals surface area (Å²) >= 11 is 5.75. The van der Waals surface area contributed by atoms with Crippen LogP contribution >= 0.6 is 11.6 Å². The maximum absolute atomic E-state index is 6.07. The molecule has 1 aliphatic heterocycles. The Hall–Kier alpha value is -0.640. The molecule has 88 valence electrons. The van der Waals surface area contributed by atoms with Crippen molar-refractivity contribution in [1.82, 2.24) is 9.88 Å². The van der Waals surface area contributed by atoms with Gasteiger partial charge in [0.1, 0.15) is 5.15 Å². The van der Waals surface area contributed by atoms with E-state index in [1.807, 2.05) is 18.3 Å². The Labute approximate surface area is 102 Å². The lowest BCUT2D eigenvalue weighted by Gasteiger charge is -2.34. The first kappa shape index (κ1) is 11.8. The Morgan fingerprint density at radius 1 is 1.56 bits per heavy atom. The zero-order valence-electron chi connectivity index (χ0n) is 9.56. The van der Waals surface area contributed by atoms with E-state index in [1.165, 1.54) is 12.0 Å². The van der Waals surface area contributed by atoms with Crippen molar-refractivity contribution in [3.8, 4) is 0 Å². The van der Waals surface area contributed by atoms with Crippen molar-refractivity contribution in [2.24, 2.45) is 11.7 Å². The van der Waals surface area contributed by atoms with Crippen molar-refractivity contribution in [1.29, 1.82) is 0 Å². The molecule has 1 aromatic heterocycles. The smallest absolute Gasteiger partial charge is 0.129 e. The zero-order chi connectivity index (χ0) is 11.5. The fourth-order valence-electron chi connectivity index (χ4n) is 2.07. The molecule has 0 spiro atoms. The lowest BCUT2D eigenvalue weighted by Crippen LogP contribution is -2.47. The number of hydrogen-bond acceptors (Lipinski definition) is 3. The van der Waals surface area contributed by atoms with Crippen LogP contribution in [0.15, 0.2) is 18.3 Å². The lowest BCUT2D eigenvalue weighted by atomic mass is 9.94. The molecule has 1 saturated heterocycles. The van der Waals surface area contributed by atoms with Gasteiger partial charge in [0.05, 0.1) is 0 Å². The Kier molecular flexibility index (Phi) is 3.79. The average Bonchev–Trinajstić information content (AvgIpc) is 2.27. The predicted molar refractivity (Wildman–Crippen MR) is 66.3 cm³/mol. The van der Waals surface area contributed by atoms with Crippen LogP contribution in [0.5, 0.6) is 0 Å². The second-order valence-electron chi connectivity index (χ2n) is 4.65. The van der Waals surface area contributed by atoms with Gasteiger partial charge in [0.25, 0.3) is 0 Å². The van der Waals surface area contributed by atoms with Crippen LogP contribution in [0.25, 0.3) is 0 Å². The number of halogens is 1. The van der Waals surface area contributed by atoms with Crippen LogP contribution in [0.1, 0.15) is 18.9 Å². The van der Waals surface area contributed by atoms with Gasteiger partial charge >= 0.3 is 0 Å². The van der Waals surface area contributed by atoms with Gasteiger partial charge < -0.3 is 5.73 Å². The van der Waals surface area contributed by atoms with Crippen LogP contribution in [0.2, 0.25) is 5.15 Å². The van der Waals surface area contributed by atoms with Crippen LogP contribution in [-0.2, 0) is 6.54 Å². The SMILES string of the molecule is CC1CCN(Cc2ccc(Cl)nc2)CC1N. The first-order valence-electron chi connectivity index (χ1n) is 5.73. The molecule has 0 bridgehead atoms. The van der Waals surface area contributed by atoms with Gasteiger partial charge in [0.2, 0.25) is 0 Å². The van der Waals surface area contributed by atoms with Gasteiger partial charge in [0, 0.05) is 25.3 Å². The summed E-state index contributed by atoms with van der Waals surface area (Å²) in [6.07, 6.45) is 3.02. The number of nitrogens with zero attached hydrogens (tertiary/aromatic N) is 2. The van der Waals surface area contributed by atoms with Gasteiger partial charge in [-0.2, -0.15) is 0 Å². The minimum Gasteiger partial charge on any atom is -0.326 e. The van der Waals surface area contributed by atoms with E-state index in [4.69, 9.17) is 17.3 Å². The molecule has 0 aliphatic carbocycles. The summed E-state index contributed by atoms with van der Waals surface area (Å²) in [6.45, 7) is 5.25. The van der Waals surface area contributed by atoms with Crippen LogP contribution in [0.3, 0.4) is 0 Å². The van der Waals surface area contributed by atoms with Crippen molar-refractivity contribution in [2.45, 2.75) is 25.9 Å². The van der Waals surface area contributed by atoms with E-state index in [1.54, 1.807) is 0 Å². The molecule has 16 heavy (non-hydrogen) atoms. The third-order valence-corrected chi connectivity index (χ3v) is 3.52. The molecule has 0 saturated carbocycles. The molecule has 2 atom stereocenters. The summed E-state index contributed by atoms with van der Waals surface area (Å²) < 4.78 is 0. The van der Waals surface area contributed by atoms with Gasteiger partial charge in [-0.25, -0.2) is 4.98 Å². The second-order valence-corrected chi connectivity index (χ2v) is 5.04. The molecule has 2 heterocycles. The maximum Gasteiger partial charge on any atom is 0.129 e. The Balaban J connectivity index is 1.93. The summed E-state index contributed by atoms with van der Waals surface area (Å²) in [5.74, 6) is 0.639. The number of hydrogen-bond donors (Lipinski definition) is 1. The molecule has 2 rings (SSSR count). The summed E-state index contributed by atoms with van der Waals surface area (Å²) in [5, 5.41) is 0.549. The van der Waals surface area contributed by atoms with Gasteiger partial charge in [-0.15, -0.1) is 0 Å². The van der Waals surface area contributed by atoms with E-state index in [9.17, 15) is 0 Å². The van der Waals surface area contributed by atoms with E-state index >= 15 is 0 Å². The fraction of sp³-hybridized carbons (Fsp3) is 0.583. The monoisotopic (exact) mass is 239 g/mol. The topological polar surface area (TPSA) is 42.2 Å². The predicted octanol–water partition coefficient (Wildman–Crippen LogP) is 1.90. The molecule has 0 amide bonds. The highest BCUT2D eigenvalue weighted by Gasteiger charge is 2.22. The minimum absolute atomic E-state index is 0.300. The minimum atomic E-state index is 0.300. The van der Waals surface area contributed by atoms with Crippen molar-refractivity contribution < 1.29 is 0 Å². The number of rotatable bonds is 2. The number of piperidine rings is 1. The highest BCUT2D eigenvalue weighted by molar-refractivity contribution is 6.29. The van der Waals surface area contributed by atoms with E-state index < -0.39 is 0 Å². The van der Waals surface area contributed by atoms with Gasteiger partial charge in [-0.05, 0) is 30.5 Å². The van der Waals surface area contributed by atoms with E-state index in [-0.39, 0.29) is 0 Å². The fourth-order valence-corrected chi connectivity index (χ4v) is 2.18. The van der Waals surface area contributed by atoms with Gasteiger partial charge in [0.15, 0.2) is 0 Å². The Morgan fingerprint density at radius 3 is 3.00 bits per heavy atom. The molecule has 1 aliphatic rings. The number of likely N-dealkylation sites (tertiary alicyclic amines) is 1. The molecule has 0 radical (unpaired) electrons. The molecule has 2 unspecified atom stereocenters. The lowest BCUT2D eigenvalue weighted by molar-refractivity contribution is 0.162. The van der Waals surface area contributed by atoms with Gasteiger partial charge in [-0.1, -0.05) is 24.6 Å². The third kappa shape index (κ3) is 2.94. The average molecular weight is 240 g/mol. The molecular formula is C12H18ClN3. The second kappa shape index (κ2) is 5.13. The molecular weight excluding hydrogens is 222 g/mol. The van der Waals surface area contributed by atoms with Crippen LogP contribution < -0.4 is 5.73 Å². The Bertz CT molecular complexity index is 339. The highest BCUT2D eigenvalue weighted by atomic mass is 35.5. The van der Waals surface area contributed by atoms with E-state index in [0.29, 0.717) is 17.1 Å². The maximum atomic E-state index is 6.07. The standard InChI is InChI=1S/C12H18ClN3/c1-9-4-5-16(8-11(9)14)7-10-2-3-12(13)15-6-10/h2-3,6,9,11H,4-5,7-8,14H2,1H3. The summed E-state index contributed by atoms with van der Waals surface area (Å²) in [6, 6.07) is 4.16. The molecule has 4 heteroatoms. The number of pyridine rings is 1. The zero-order valence-corrected chi connectivity index (χ0v) is 10.3. The highest BCUT2D eigenvalue weighted by Crippen LogP contribution is 2.17. The first-order valence-corrected chi connectivity index (χ1v) is 6.11. The molecule has 1 aromatic rings. The third-order valence-electron chi connectivity index (χ3n) is 3.30. The molecule has 3 nitrogen and oxygen atoms in total. The largest absolute Gasteiger partial charge is 0.326 e. The van der Waals surface area contributed by atoms with Gasteiger partial charge in [-0.3, -0.25) is 4.90 Å². The van der Waals surface area contributed by atoms with Crippen molar-refractivity contribution in [3.05, 3.63) is 29.0 Å². The Morgan fingerprint density at radius 2 is 2.38 bits per heavy atom. The van der Waals surface area contributed by atoms with Crippen molar-refractivity contribution in [2.75, 3.05) is 13.1 Å². The normalized spacial score (nSPS) is 26.9. The van der Waals surface area contributed by atoms with Crippen molar-refractivity contribution in [3.63, 3.8) is 0 Å². The van der Waals surface area contributed by atoms with Crippen LogP contribution in [0.4, 0.5) is 0 Å². The number of nitrogens with two attached hydrogens (primary N) is 1. The number of aromatic nitrogens is 1. The van der Waals surface area contributed by atoms with Crippen molar-refractivity contribution >= 4 is 11.6 Å². The first-order chi connectivity index (χ1) is 7.65. The summed E-state index contributed by atoms with van der Waals surface area (Å²) in [4.78, 5) is 6.47. The molecule has 0 aromatic carbocycles. The van der Waals surface area contributed by atoms with E-state index in [2.05, 4.69) is 16.8 Å². The van der Waals surface area contributed by atoms with Crippen LogP contribution in [-0.4, -0.2) is 29.0 Å². The molecule has 1 fully saturated rings. The van der Waals surface area contributed by atoms with Crippen LogP contribution in [0, 0.1) is 5.92 Å². The van der Waals surface area contributed by atoms with E-state index in [0.717, 1.165) is 19.6 Å². The summed E-state index contributed by atoms with van der Waals surface area (Å²) in [5.41, 5.74) is 7.27. The quantitative estimate of drug-likeness (QED) is 0.802. The summed E-state index contributed by atoms with van der Waals surface area (Å²) in [7, 11) is 0. The molecule has 2 N–H and O–H groups in total.